The van der Waals surface area contributed by atoms with Crippen LogP contribution >= 0.6 is 11.6 Å². The quantitative estimate of drug-likeness (QED) is 0.211. The topological polar surface area (TPSA) is 178 Å². The number of allylic oxidation sites excluding steroid dienone is 8. The van der Waals surface area contributed by atoms with Crippen molar-refractivity contribution in [3.05, 3.63) is 110 Å². The maximum absolute atomic E-state index is 13.8. The molecule has 272 valence electrons. The van der Waals surface area contributed by atoms with E-state index in [1.807, 2.05) is 0 Å². The molecule has 0 fully saturated rings. The van der Waals surface area contributed by atoms with E-state index in [1.54, 1.807) is 64.2 Å². The number of phenolic OH excluding ortho intramolecular Hbond substituents is 1. The van der Waals surface area contributed by atoms with Crippen LogP contribution in [0.4, 0.5) is 0 Å². The minimum atomic E-state index is -1.01. The number of aryl methyl sites for hydroxylation is 1. The van der Waals surface area contributed by atoms with Crippen molar-refractivity contribution >= 4 is 40.6 Å². The van der Waals surface area contributed by atoms with Crippen molar-refractivity contribution in [1.82, 2.24) is 5.32 Å². The van der Waals surface area contributed by atoms with Gasteiger partial charge in [0.1, 0.15) is 16.5 Å². The molecule has 1 amide bonds. The number of benzene rings is 1. The van der Waals surface area contributed by atoms with Crippen molar-refractivity contribution in [2.75, 3.05) is 0 Å². The molecule has 10 nitrogen and oxygen atoms in total. The van der Waals surface area contributed by atoms with E-state index in [0.717, 1.165) is 0 Å². The number of phenols is 1. The Bertz CT molecular complexity index is 1820. The van der Waals surface area contributed by atoms with E-state index in [1.165, 1.54) is 45.1 Å². The highest BCUT2D eigenvalue weighted by atomic mass is 35.5. The summed E-state index contributed by atoms with van der Waals surface area (Å²) >= 11 is 6.36. The average molecular weight is 720 g/mol. The van der Waals surface area contributed by atoms with Gasteiger partial charge in [-0.05, 0) is 56.9 Å². The highest BCUT2D eigenvalue weighted by molar-refractivity contribution is 6.51. The molecule has 0 aromatic heterocycles. The van der Waals surface area contributed by atoms with E-state index >= 15 is 0 Å². The number of ketones is 4. The fraction of sp³-hybridized carbons (Fsp3) is 0.375. The maximum atomic E-state index is 13.8. The van der Waals surface area contributed by atoms with Crippen LogP contribution < -0.4 is 5.32 Å². The van der Waals surface area contributed by atoms with Crippen LogP contribution in [0, 0.1) is 24.7 Å². The van der Waals surface area contributed by atoms with Crippen molar-refractivity contribution < 1.29 is 44.4 Å². The molecule has 4 bridgehead atoms. The fourth-order valence-corrected chi connectivity index (χ4v) is 5.85. The lowest BCUT2D eigenvalue weighted by atomic mass is 9.83. The van der Waals surface area contributed by atoms with E-state index in [9.17, 15) is 44.4 Å². The summed E-state index contributed by atoms with van der Waals surface area (Å²) in [5.41, 5.74) is -0.708. The number of fused-ring (bicyclic) bond motifs is 18. The number of nitrogens with one attached hydrogen (secondary N) is 1. The summed E-state index contributed by atoms with van der Waals surface area (Å²) in [6.07, 6.45) is 11.3. The molecule has 2 heterocycles. The van der Waals surface area contributed by atoms with Gasteiger partial charge in [0.05, 0.1) is 23.9 Å². The van der Waals surface area contributed by atoms with Gasteiger partial charge in [-0.2, -0.15) is 0 Å². The van der Waals surface area contributed by atoms with Crippen LogP contribution in [0.2, 0.25) is 0 Å². The second-order valence-electron chi connectivity index (χ2n) is 13.3. The Balaban J connectivity index is 2.08. The molecule has 1 aliphatic carbocycles. The minimum absolute atomic E-state index is 0.0812. The highest BCUT2D eigenvalue weighted by Gasteiger charge is 2.38. The number of carbonyl (C=O) groups is 5. The Morgan fingerprint density at radius 2 is 1.41 bits per heavy atom. The van der Waals surface area contributed by atoms with E-state index in [0.29, 0.717) is 5.57 Å². The Labute approximate surface area is 303 Å². The zero-order chi connectivity index (χ0) is 38.3. The summed E-state index contributed by atoms with van der Waals surface area (Å²) in [4.78, 5) is 66.8. The van der Waals surface area contributed by atoms with Gasteiger partial charge in [-0.25, -0.2) is 0 Å². The van der Waals surface area contributed by atoms with Crippen molar-refractivity contribution in [3.8, 4) is 5.75 Å². The van der Waals surface area contributed by atoms with Crippen LogP contribution in [0.5, 0.6) is 5.75 Å². The molecule has 6 atom stereocenters. The number of aromatic hydroxyl groups is 1. The molecule has 0 saturated heterocycles. The molecule has 1 aromatic rings. The molecular weight excluding hydrogens is 674 g/mol. The summed E-state index contributed by atoms with van der Waals surface area (Å²) in [6.45, 7) is 11.2. The summed E-state index contributed by atoms with van der Waals surface area (Å²) in [6, 6.07) is 1.26. The number of aliphatic hydroxyl groups excluding tert-OH is 3. The predicted octanol–water partition coefficient (Wildman–Crippen LogP) is 5.69. The number of Topliss-reactive ketones (excluding diaryl/α,β-unsaturated/α-hetero) is 4. The van der Waals surface area contributed by atoms with Crippen LogP contribution in [0.1, 0.15) is 91.0 Å². The first-order valence-electron chi connectivity index (χ1n) is 16.7. The van der Waals surface area contributed by atoms with E-state index in [-0.39, 0.29) is 46.8 Å². The molecule has 0 unspecified atom stereocenters. The zero-order valence-corrected chi connectivity index (χ0v) is 30.6. The Hall–Kier alpha value is -4.48. The monoisotopic (exact) mass is 719 g/mol. The van der Waals surface area contributed by atoms with Crippen LogP contribution in [0.15, 0.2) is 88.2 Å². The first kappa shape index (κ1) is 40.9. The lowest BCUT2D eigenvalue weighted by Crippen LogP contribution is -2.34. The maximum Gasteiger partial charge on any atom is 0.251 e. The van der Waals surface area contributed by atoms with Gasteiger partial charge in [0.2, 0.25) is 11.6 Å². The molecule has 11 heteroatoms. The molecule has 4 rings (SSSR count). The molecule has 51 heavy (non-hydrogen) atoms. The first-order chi connectivity index (χ1) is 23.9. The van der Waals surface area contributed by atoms with Gasteiger partial charge in [0.25, 0.3) is 5.91 Å². The fourth-order valence-electron chi connectivity index (χ4n) is 5.62. The average Bonchev–Trinajstić information content (AvgIpc) is 3.09. The van der Waals surface area contributed by atoms with Crippen LogP contribution in [0.3, 0.4) is 0 Å². The molecular formula is C40H46ClNO9. The summed E-state index contributed by atoms with van der Waals surface area (Å²) in [5, 5.41) is 44.9. The first-order valence-corrected chi connectivity index (χ1v) is 17.1. The van der Waals surface area contributed by atoms with E-state index in [4.69, 9.17) is 11.6 Å². The normalized spacial score (nSPS) is 31.6. The van der Waals surface area contributed by atoms with Crippen LogP contribution in [0.25, 0.3) is 0 Å². The predicted molar refractivity (Wildman–Crippen MR) is 195 cm³/mol. The molecule has 2 aliphatic heterocycles. The number of hydrogen-bond acceptors (Lipinski definition) is 9. The molecule has 0 radical (unpaired) electrons. The number of halogens is 1. The smallest absolute Gasteiger partial charge is 0.251 e. The molecule has 3 aliphatic rings. The van der Waals surface area contributed by atoms with E-state index < -0.39 is 81.0 Å². The lowest BCUT2D eigenvalue weighted by Gasteiger charge is -2.23. The van der Waals surface area contributed by atoms with Gasteiger partial charge in [0.15, 0.2) is 11.6 Å². The standard InChI is InChI=1S/C40H46ClNO9/c1-20-11-9-8-10-12-23(4)40(51)42-34-33(41)39(50)31-28(38(34)49)18-26(7)37(48)32(31)36(47)25(6)17-24(5)35(46)22(3)14-16-27(43)15-13-21(2)30(45)19-29(20)44/h8-14,16-18,20,22,24,27,29,35,43-44,46,48H,15,19H2,1-7H3,(H,42,51)/b10-8-,11-9-,16-14+,21-13-,23-12+,25-17+/t20-,22+,24-,27+,29-,35-/m0/s1. The van der Waals surface area contributed by atoms with Crippen LogP contribution in [-0.4, -0.2) is 67.8 Å². The summed E-state index contributed by atoms with van der Waals surface area (Å²) in [7, 11) is 0. The third-order valence-corrected chi connectivity index (χ3v) is 9.47. The van der Waals surface area contributed by atoms with Crippen molar-refractivity contribution in [2.24, 2.45) is 17.8 Å². The van der Waals surface area contributed by atoms with Gasteiger partial charge in [0, 0.05) is 40.9 Å². The number of amides is 1. The number of hydrogen-bond donors (Lipinski definition) is 5. The third kappa shape index (κ3) is 9.86. The van der Waals surface area contributed by atoms with Gasteiger partial charge in [-0.3, -0.25) is 24.0 Å². The minimum Gasteiger partial charge on any atom is -0.507 e. The SMILES string of the molecule is C/C1=C/C[C@@H](O)/C=C/[C@@H](C)[C@H](O)[C@@H](C)/C=C(\C)C(=O)c2c(O)c(C)cc3c2C(=O)C(Cl)=C(NC(=O)/C(C)=C/C=C\C=C/[C@H](C)[C@@H](O)CC1=O)C3=O. The zero-order valence-electron chi connectivity index (χ0n) is 29.9. The third-order valence-electron chi connectivity index (χ3n) is 9.11. The second-order valence-corrected chi connectivity index (χ2v) is 13.7. The molecule has 0 spiro atoms. The van der Waals surface area contributed by atoms with Gasteiger partial charge in [-0.15, -0.1) is 0 Å². The van der Waals surface area contributed by atoms with Crippen molar-refractivity contribution in [2.45, 2.75) is 79.6 Å². The molecule has 5 N–H and O–H groups in total. The Morgan fingerprint density at radius 3 is 2.08 bits per heavy atom. The number of aliphatic hydroxyl groups is 3. The summed E-state index contributed by atoms with van der Waals surface area (Å²) < 4.78 is 0. The molecule has 1 aromatic carbocycles. The Morgan fingerprint density at radius 1 is 0.745 bits per heavy atom. The highest BCUT2D eigenvalue weighted by Crippen LogP contribution is 2.37. The van der Waals surface area contributed by atoms with E-state index in [2.05, 4.69) is 5.32 Å². The number of rotatable bonds is 0. The van der Waals surface area contributed by atoms with Crippen molar-refractivity contribution in [1.29, 1.82) is 0 Å². The van der Waals surface area contributed by atoms with Crippen molar-refractivity contribution in [3.63, 3.8) is 0 Å². The lowest BCUT2D eigenvalue weighted by molar-refractivity contribution is -0.118. The van der Waals surface area contributed by atoms with Gasteiger partial charge in [-0.1, -0.05) is 87.1 Å². The van der Waals surface area contributed by atoms with Gasteiger partial charge >= 0.3 is 0 Å². The second kappa shape index (κ2) is 17.6. The largest absolute Gasteiger partial charge is 0.507 e. The molecule has 0 saturated carbocycles. The Kier molecular flexibility index (Phi) is 14.2. The van der Waals surface area contributed by atoms with Gasteiger partial charge < -0.3 is 25.7 Å². The summed E-state index contributed by atoms with van der Waals surface area (Å²) in [5.74, 6) is -5.47. The number of carbonyl (C=O) groups excluding carboxylic acids is 5. The van der Waals surface area contributed by atoms with Crippen LogP contribution in [-0.2, 0) is 9.59 Å².